The third-order valence-corrected chi connectivity index (χ3v) is 5.42. The van der Waals surface area contributed by atoms with Gasteiger partial charge in [-0.3, -0.25) is 4.72 Å². The fraction of sp³-hybridized carbons (Fsp3) is 0.167. The highest BCUT2D eigenvalue weighted by molar-refractivity contribution is 7.93. The van der Waals surface area contributed by atoms with Gasteiger partial charge in [0.1, 0.15) is 10.6 Å². The minimum atomic E-state index is -3.67. The first kappa shape index (κ1) is 15.1. The van der Waals surface area contributed by atoms with E-state index in [2.05, 4.69) is 4.72 Å². The molecule has 0 saturated carbocycles. The quantitative estimate of drug-likeness (QED) is 0.882. The normalized spacial score (nSPS) is 11.3. The Morgan fingerprint density at radius 3 is 2.75 bits per heavy atom. The third kappa shape index (κ3) is 3.06. The Hall–Kier alpha value is -1.28. The summed E-state index contributed by atoms with van der Waals surface area (Å²) in [5.41, 5.74) is 5.89. The Morgan fingerprint density at radius 1 is 1.40 bits per heavy atom. The molecule has 0 bridgehead atoms. The van der Waals surface area contributed by atoms with Crippen LogP contribution in [-0.2, 0) is 16.6 Å². The van der Waals surface area contributed by atoms with Crippen LogP contribution >= 0.6 is 22.9 Å². The lowest BCUT2D eigenvalue weighted by Crippen LogP contribution is -2.14. The molecular formula is C12H13ClN2O3S2. The summed E-state index contributed by atoms with van der Waals surface area (Å²) in [7, 11) is -2.18. The Bertz CT molecular complexity index is 713. The van der Waals surface area contributed by atoms with Crippen molar-refractivity contribution < 1.29 is 13.2 Å². The van der Waals surface area contributed by atoms with Crippen LogP contribution in [0, 0.1) is 0 Å². The van der Waals surface area contributed by atoms with Crippen LogP contribution in [0.3, 0.4) is 0 Å². The van der Waals surface area contributed by atoms with E-state index >= 15 is 0 Å². The average molecular weight is 333 g/mol. The van der Waals surface area contributed by atoms with Crippen LogP contribution < -0.4 is 15.2 Å². The van der Waals surface area contributed by atoms with Crippen LogP contribution in [0.25, 0.3) is 0 Å². The number of benzene rings is 1. The molecule has 0 saturated heterocycles. The van der Waals surface area contributed by atoms with Crippen LogP contribution in [0.15, 0.2) is 34.5 Å². The smallest absolute Gasteiger partial charge is 0.263 e. The molecule has 1 aromatic carbocycles. The predicted molar refractivity (Wildman–Crippen MR) is 81.0 cm³/mol. The van der Waals surface area contributed by atoms with Crippen LogP contribution in [0.1, 0.15) is 4.88 Å². The van der Waals surface area contributed by atoms with E-state index in [1.165, 1.54) is 30.6 Å². The van der Waals surface area contributed by atoms with Crippen LogP contribution in [0.4, 0.5) is 5.69 Å². The van der Waals surface area contributed by atoms with Gasteiger partial charge in [0.2, 0.25) is 0 Å². The van der Waals surface area contributed by atoms with Gasteiger partial charge >= 0.3 is 0 Å². The topological polar surface area (TPSA) is 81.4 Å². The number of halogens is 1. The molecular weight excluding hydrogens is 320 g/mol. The van der Waals surface area contributed by atoms with Gasteiger partial charge in [-0.1, -0.05) is 11.6 Å². The SMILES string of the molecule is COc1ccc(NS(=O)(=O)c2ccsc2CN)cc1Cl. The zero-order valence-corrected chi connectivity index (χ0v) is 13.0. The van der Waals surface area contributed by atoms with Crippen LogP contribution in [0.2, 0.25) is 5.02 Å². The summed E-state index contributed by atoms with van der Waals surface area (Å²) in [6, 6.07) is 6.20. The number of sulfonamides is 1. The molecule has 5 nitrogen and oxygen atoms in total. The van der Waals surface area contributed by atoms with E-state index in [0.29, 0.717) is 21.3 Å². The Balaban J connectivity index is 2.31. The predicted octanol–water partition coefficient (Wildman–Crippen LogP) is 2.67. The molecule has 0 fully saturated rings. The molecule has 108 valence electrons. The van der Waals surface area contributed by atoms with E-state index in [1.807, 2.05) is 0 Å². The third-order valence-electron chi connectivity index (χ3n) is 2.58. The van der Waals surface area contributed by atoms with Crippen molar-refractivity contribution in [3.05, 3.63) is 39.5 Å². The molecule has 0 aliphatic heterocycles. The molecule has 0 aliphatic rings. The van der Waals surface area contributed by atoms with Gasteiger partial charge in [-0.2, -0.15) is 0 Å². The van der Waals surface area contributed by atoms with Crippen molar-refractivity contribution in [1.29, 1.82) is 0 Å². The molecule has 0 atom stereocenters. The zero-order chi connectivity index (χ0) is 14.8. The van der Waals surface area contributed by atoms with Crippen molar-refractivity contribution in [2.75, 3.05) is 11.8 Å². The highest BCUT2D eigenvalue weighted by atomic mass is 35.5. The average Bonchev–Trinajstić information content (AvgIpc) is 2.87. The van der Waals surface area contributed by atoms with Crippen LogP contribution in [0.5, 0.6) is 5.75 Å². The molecule has 20 heavy (non-hydrogen) atoms. The number of rotatable bonds is 5. The number of methoxy groups -OCH3 is 1. The highest BCUT2D eigenvalue weighted by Gasteiger charge is 2.19. The van der Waals surface area contributed by atoms with Gasteiger partial charge in [0, 0.05) is 11.4 Å². The first-order valence-corrected chi connectivity index (χ1v) is 8.35. The van der Waals surface area contributed by atoms with Gasteiger partial charge in [-0.15, -0.1) is 11.3 Å². The molecule has 0 radical (unpaired) electrons. The number of hydrogen-bond acceptors (Lipinski definition) is 5. The summed E-state index contributed by atoms with van der Waals surface area (Å²) in [6.07, 6.45) is 0. The van der Waals surface area contributed by atoms with Gasteiger partial charge in [0.15, 0.2) is 0 Å². The maximum atomic E-state index is 12.3. The maximum absolute atomic E-state index is 12.3. The fourth-order valence-corrected chi connectivity index (χ4v) is 4.30. The molecule has 0 amide bonds. The van der Waals surface area contributed by atoms with E-state index in [4.69, 9.17) is 22.1 Å². The summed E-state index contributed by atoms with van der Waals surface area (Å²) in [4.78, 5) is 0.800. The maximum Gasteiger partial charge on any atom is 0.263 e. The second kappa shape index (κ2) is 6.01. The van der Waals surface area contributed by atoms with Crippen molar-refractivity contribution in [3.8, 4) is 5.75 Å². The van der Waals surface area contributed by atoms with E-state index < -0.39 is 10.0 Å². The van der Waals surface area contributed by atoms with Crippen molar-refractivity contribution in [2.45, 2.75) is 11.4 Å². The lowest BCUT2D eigenvalue weighted by molar-refractivity contribution is 0.415. The van der Waals surface area contributed by atoms with Crippen molar-refractivity contribution in [2.24, 2.45) is 5.73 Å². The fourth-order valence-electron chi connectivity index (χ4n) is 1.66. The van der Waals surface area contributed by atoms with Gasteiger partial charge in [-0.25, -0.2) is 8.42 Å². The standard InChI is InChI=1S/C12H13ClN2O3S2/c1-18-10-3-2-8(6-9(10)13)15-20(16,17)12-4-5-19-11(12)7-14/h2-6,15H,7,14H2,1H3. The number of nitrogens with two attached hydrogens (primary N) is 1. The first-order chi connectivity index (χ1) is 9.47. The largest absolute Gasteiger partial charge is 0.495 e. The number of anilines is 1. The molecule has 2 rings (SSSR count). The molecule has 0 spiro atoms. The van der Waals surface area contributed by atoms with E-state index in [-0.39, 0.29) is 11.4 Å². The lowest BCUT2D eigenvalue weighted by Gasteiger charge is -2.10. The monoisotopic (exact) mass is 332 g/mol. The Kier molecular flexibility index (Phi) is 4.54. The summed E-state index contributed by atoms with van der Waals surface area (Å²) >= 11 is 7.27. The minimum Gasteiger partial charge on any atom is -0.495 e. The molecule has 0 unspecified atom stereocenters. The lowest BCUT2D eigenvalue weighted by atomic mass is 10.3. The summed E-state index contributed by atoms with van der Waals surface area (Å²) in [5, 5.41) is 2.02. The van der Waals surface area contributed by atoms with Gasteiger partial charge in [-0.05, 0) is 29.6 Å². The second-order valence-corrected chi connectivity index (χ2v) is 6.93. The number of hydrogen-bond donors (Lipinski definition) is 2. The Labute approximate surface area is 126 Å². The molecule has 1 heterocycles. The molecule has 0 aliphatic carbocycles. The first-order valence-electron chi connectivity index (χ1n) is 5.60. The Morgan fingerprint density at radius 2 is 2.15 bits per heavy atom. The van der Waals surface area contributed by atoms with E-state index in [9.17, 15) is 8.42 Å². The van der Waals surface area contributed by atoms with E-state index in [1.54, 1.807) is 17.5 Å². The van der Waals surface area contributed by atoms with Gasteiger partial charge in [0.05, 0.1) is 17.8 Å². The highest BCUT2D eigenvalue weighted by Crippen LogP contribution is 2.29. The minimum absolute atomic E-state index is 0.178. The molecule has 8 heteroatoms. The number of ether oxygens (including phenoxy) is 1. The zero-order valence-electron chi connectivity index (χ0n) is 10.6. The summed E-state index contributed by atoms with van der Waals surface area (Å²) < 4.78 is 32.0. The van der Waals surface area contributed by atoms with Crippen molar-refractivity contribution in [3.63, 3.8) is 0 Å². The van der Waals surface area contributed by atoms with E-state index in [0.717, 1.165) is 0 Å². The summed E-state index contributed by atoms with van der Waals surface area (Å²) in [6.45, 7) is 0.178. The number of thiophene rings is 1. The second-order valence-electron chi connectivity index (χ2n) is 3.87. The van der Waals surface area contributed by atoms with Crippen molar-refractivity contribution >= 4 is 38.6 Å². The molecule has 3 N–H and O–H groups in total. The van der Waals surface area contributed by atoms with Gasteiger partial charge in [0.25, 0.3) is 10.0 Å². The van der Waals surface area contributed by atoms with Crippen molar-refractivity contribution in [1.82, 2.24) is 0 Å². The molecule has 1 aromatic heterocycles. The summed E-state index contributed by atoms with van der Waals surface area (Å²) in [5.74, 6) is 0.479. The van der Waals surface area contributed by atoms with Crippen LogP contribution in [-0.4, -0.2) is 15.5 Å². The van der Waals surface area contributed by atoms with Gasteiger partial charge < -0.3 is 10.5 Å². The number of nitrogens with one attached hydrogen (secondary N) is 1. The molecule has 2 aromatic rings.